The van der Waals surface area contributed by atoms with E-state index >= 15 is 0 Å². The van der Waals surface area contributed by atoms with E-state index < -0.39 is 0 Å². The Hall–Kier alpha value is -8.86. The third-order valence-electron chi connectivity index (χ3n) is 13.7. The van der Waals surface area contributed by atoms with Crippen LogP contribution in [0, 0.1) is 0 Å². The van der Waals surface area contributed by atoms with Gasteiger partial charge in [0.1, 0.15) is 5.82 Å². The van der Waals surface area contributed by atoms with E-state index in [4.69, 9.17) is 9.97 Å². The van der Waals surface area contributed by atoms with Gasteiger partial charge in [0.2, 0.25) is 0 Å². The first-order valence-electron chi connectivity index (χ1n) is 22.6. The van der Waals surface area contributed by atoms with Gasteiger partial charge in [-0.2, -0.15) is 0 Å². The van der Waals surface area contributed by atoms with Crippen LogP contribution < -0.4 is 0 Å². The Morgan fingerprint density at radius 3 is 1.56 bits per heavy atom. The standard InChI is InChI=1S/C62H38N4/c1-3-16-39(17-4-1)61-52-27-12-11-26-49(52)54-38-60-55(37-57(54)63-61)51-32-30-41(35-59(51)65(60)43-20-5-2-6-21-43)40-18-15-19-42(34-40)62-64-56-28-13-14-29-58(56)66(62)44-31-33-50-47-24-8-7-22-45(47)46-23-9-10-25-48(46)53(50)36-44/h1-38H. The summed E-state index contributed by atoms with van der Waals surface area (Å²) in [5.74, 6) is 0.906. The number of imidazole rings is 1. The minimum Gasteiger partial charge on any atom is -0.309 e. The third kappa shape index (κ3) is 5.52. The molecule has 3 heterocycles. The van der Waals surface area contributed by atoms with Crippen molar-refractivity contribution in [2.24, 2.45) is 0 Å². The largest absolute Gasteiger partial charge is 0.309 e. The van der Waals surface area contributed by atoms with E-state index in [1.54, 1.807) is 0 Å². The average molecular weight is 839 g/mol. The second-order valence-corrected chi connectivity index (χ2v) is 17.3. The van der Waals surface area contributed by atoms with Gasteiger partial charge in [-0.25, -0.2) is 9.97 Å². The van der Waals surface area contributed by atoms with Gasteiger partial charge < -0.3 is 4.57 Å². The molecule has 306 valence electrons. The summed E-state index contributed by atoms with van der Waals surface area (Å²) in [6, 6.07) is 83.3. The van der Waals surface area contributed by atoms with Crippen molar-refractivity contribution in [3.63, 3.8) is 0 Å². The number of fused-ring (bicyclic) bond motifs is 13. The Morgan fingerprint density at radius 2 is 0.803 bits per heavy atom. The summed E-state index contributed by atoms with van der Waals surface area (Å²) in [7, 11) is 0. The lowest BCUT2D eigenvalue weighted by Gasteiger charge is -2.15. The number of hydrogen-bond acceptors (Lipinski definition) is 2. The van der Waals surface area contributed by atoms with E-state index in [9.17, 15) is 0 Å². The van der Waals surface area contributed by atoms with Crippen molar-refractivity contribution < 1.29 is 0 Å². The zero-order valence-electron chi connectivity index (χ0n) is 35.7. The molecule has 3 aromatic heterocycles. The number of pyridine rings is 1. The molecule has 4 heteroatoms. The molecule has 0 saturated carbocycles. The van der Waals surface area contributed by atoms with Gasteiger partial charge in [-0.15, -0.1) is 0 Å². The maximum atomic E-state index is 5.38. The van der Waals surface area contributed by atoms with Crippen molar-refractivity contribution in [2.75, 3.05) is 0 Å². The highest BCUT2D eigenvalue weighted by Gasteiger charge is 2.20. The van der Waals surface area contributed by atoms with Crippen molar-refractivity contribution in [1.29, 1.82) is 0 Å². The molecular weight excluding hydrogens is 801 g/mol. The normalized spacial score (nSPS) is 11.9. The summed E-state index contributed by atoms with van der Waals surface area (Å²) >= 11 is 0. The molecule has 0 radical (unpaired) electrons. The fourth-order valence-electron chi connectivity index (χ4n) is 10.7. The van der Waals surface area contributed by atoms with Gasteiger partial charge in [0, 0.05) is 44.0 Å². The minimum atomic E-state index is 0.906. The van der Waals surface area contributed by atoms with Crippen molar-refractivity contribution in [2.45, 2.75) is 0 Å². The van der Waals surface area contributed by atoms with Gasteiger partial charge in [-0.05, 0) is 109 Å². The first kappa shape index (κ1) is 36.6. The minimum absolute atomic E-state index is 0.906. The number of hydrogen-bond donors (Lipinski definition) is 0. The van der Waals surface area contributed by atoms with Gasteiger partial charge >= 0.3 is 0 Å². The first-order valence-corrected chi connectivity index (χ1v) is 22.6. The lowest BCUT2D eigenvalue weighted by Crippen LogP contribution is -1.98. The molecule has 0 N–H and O–H groups in total. The molecule has 0 saturated heterocycles. The molecule has 0 aliphatic heterocycles. The van der Waals surface area contributed by atoms with E-state index in [0.717, 1.165) is 83.5 Å². The van der Waals surface area contributed by atoms with Gasteiger partial charge in [0.05, 0.1) is 33.3 Å². The zero-order valence-corrected chi connectivity index (χ0v) is 35.7. The Balaban J connectivity index is 0.958. The van der Waals surface area contributed by atoms with Crippen LogP contribution in [0.4, 0.5) is 0 Å². The lowest BCUT2D eigenvalue weighted by atomic mass is 9.94. The van der Waals surface area contributed by atoms with Gasteiger partial charge in [-0.1, -0.05) is 170 Å². The zero-order chi connectivity index (χ0) is 43.3. The molecule has 0 unspecified atom stereocenters. The van der Waals surface area contributed by atoms with Crippen LogP contribution in [0.3, 0.4) is 0 Å². The number of benzene rings is 11. The summed E-state index contributed by atoms with van der Waals surface area (Å²) in [6.45, 7) is 0. The third-order valence-corrected chi connectivity index (χ3v) is 13.7. The predicted molar refractivity (Wildman–Crippen MR) is 277 cm³/mol. The molecule has 0 bridgehead atoms. The van der Waals surface area contributed by atoms with Gasteiger partial charge in [0.25, 0.3) is 0 Å². The van der Waals surface area contributed by atoms with Crippen molar-refractivity contribution in [3.8, 4) is 45.1 Å². The van der Waals surface area contributed by atoms with Crippen LogP contribution in [-0.4, -0.2) is 19.1 Å². The molecule has 4 nitrogen and oxygen atoms in total. The Bertz CT molecular complexity index is 4240. The van der Waals surface area contributed by atoms with E-state index in [-0.39, 0.29) is 0 Å². The maximum absolute atomic E-state index is 5.38. The second kappa shape index (κ2) is 14.3. The number of nitrogens with zero attached hydrogens (tertiary/aromatic N) is 4. The van der Waals surface area contributed by atoms with Crippen LogP contribution >= 0.6 is 0 Å². The maximum Gasteiger partial charge on any atom is 0.145 e. The fraction of sp³-hybridized carbons (Fsp3) is 0. The van der Waals surface area contributed by atoms with E-state index in [0.29, 0.717) is 0 Å². The summed E-state index contributed by atoms with van der Waals surface area (Å²) < 4.78 is 4.75. The number of para-hydroxylation sites is 3. The lowest BCUT2D eigenvalue weighted by molar-refractivity contribution is 1.11. The molecule has 11 aromatic carbocycles. The SMILES string of the molecule is c1ccc(-c2nc3cc4c5ccc(-c6cccc(-c7nc8ccccc8n7-c7ccc8c9ccccc9c9ccccc9c8c7)c6)cc5n(-c5ccccc5)c4cc3c3ccccc23)cc1. The van der Waals surface area contributed by atoms with E-state index in [2.05, 4.69) is 240 Å². The molecule has 14 aromatic rings. The van der Waals surface area contributed by atoms with Crippen LogP contribution in [0.1, 0.15) is 0 Å². The number of aromatic nitrogens is 4. The van der Waals surface area contributed by atoms with Crippen molar-refractivity contribution in [1.82, 2.24) is 19.1 Å². The molecule has 0 aliphatic carbocycles. The Labute approximate surface area is 379 Å². The summed E-state index contributed by atoms with van der Waals surface area (Å²) in [4.78, 5) is 10.7. The molecule has 14 rings (SSSR count). The quantitative estimate of drug-likeness (QED) is 0.162. The molecule has 0 fully saturated rings. The Morgan fingerprint density at radius 1 is 0.242 bits per heavy atom. The van der Waals surface area contributed by atoms with E-state index in [1.807, 2.05) is 0 Å². The number of rotatable bonds is 5. The molecule has 0 amide bonds. The highest BCUT2D eigenvalue weighted by Crippen LogP contribution is 2.42. The molecule has 0 aliphatic rings. The second-order valence-electron chi connectivity index (χ2n) is 17.3. The van der Waals surface area contributed by atoms with E-state index in [1.165, 1.54) is 48.5 Å². The van der Waals surface area contributed by atoms with Crippen molar-refractivity contribution >= 4 is 86.8 Å². The highest BCUT2D eigenvalue weighted by molar-refractivity contribution is 6.26. The highest BCUT2D eigenvalue weighted by atomic mass is 15.1. The van der Waals surface area contributed by atoms with Crippen LogP contribution in [0.2, 0.25) is 0 Å². The van der Waals surface area contributed by atoms with Crippen LogP contribution in [0.25, 0.3) is 132 Å². The molecule has 0 spiro atoms. The Kier molecular flexibility index (Phi) is 7.95. The summed E-state index contributed by atoms with van der Waals surface area (Å²) in [6.07, 6.45) is 0. The van der Waals surface area contributed by atoms with Crippen LogP contribution in [0.5, 0.6) is 0 Å². The average Bonchev–Trinajstić information content (AvgIpc) is 3.94. The molecule has 66 heavy (non-hydrogen) atoms. The predicted octanol–water partition coefficient (Wildman–Crippen LogP) is 16.3. The molecule has 0 atom stereocenters. The van der Waals surface area contributed by atoms with Gasteiger partial charge in [0.15, 0.2) is 0 Å². The summed E-state index contributed by atoms with van der Waals surface area (Å²) in [5, 5.41) is 13.4. The smallest absolute Gasteiger partial charge is 0.145 e. The van der Waals surface area contributed by atoms with Gasteiger partial charge in [-0.3, -0.25) is 4.57 Å². The van der Waals surface area contributed by atoms with Crippen molar-refractivity contribution in [3.05, 3.63) is 231 Å². The summed E-state index contributed by atoms with van der Waals surface area (Å²) in [5.41, 5.74) is 12.9. The fourth-order valence-corrected chi connectivity index (χ4v) is 10.7. The molecular formula is C62H38N4. The first-order chi connectivity index (χ1) is 32.7. The van der Waals surface area contributed by atoms with Crippen LogP contribution in [0.15, 0.2) is 231 Å². The topological polar surface area (TPSA) is 35.6 Å². The van der Waals surface area contributed by atoms with Crippen LogP contribution in [-0.2, 0) is 0 Å². The monoisotopic (exact) mass is 838 g/mol.